The average Bonchev–Trinajstić information content (AvgIpc) is 2.67. The number of hydrogen-bond acceptors (Lipinski definition) is 3. The molecule has 0 amide bonds. The lowest BCUT2D eigenvalue weighted by atomic mass is 10.0. The zero-order valence-corrected chi connectivity index (χ0v) is 15.2. The van der Waals surface area contributed by atoms with E-state index in [-0.39, 0.29) is 24.4 Å². The molecule has 2 rings (SSSR count). The minimum Gasteiger partial charge on any atom is -0.489 e. The van der Waals surface area contributed by atoms with Crippen LogP contribution in [0, 0.1) is 5.82 Å². The van der Waals surface area contributed by atoms with Crippen LogP contribution in [-0.4, -0.2) is 43.9 Å². The number of nitrogens with one attached hydrogen (secondary N) is 2. The van der Waals surface area contributed by atoms with Crippen LogP contribution in [0.3, 0.4) is 0 Å². The number of aliphatic imine (C=N–C) groups is 1. The Labute approximate surface area is 153 Å². The van der Waals surface area contributed by atoms with Crippen LogP contribution in [-0.2, 0) is 0 Å². The molecular weight excluding hydrogens is 333 g/mol. The van der Waals surface area contributed by atoms with Crippen molar-refractivity contribution in [2.45, 2.75) is 18.9 Å². The van der Waals surface area contributed by atoms with Crippen LogP contribution in [0.2, 0.25) is 0 Å². The molecular formula is C20H26FN3O2. The molecule has 0 aliphatic heterocycles. The molecule has 0 spiro atoms. The second-order valence-electron chi connectivity index (χ2n) is 6.01. The van der Waals surface area contributed by atoms with E-state index in [9.17, 15) is 9.50 Å². The Morgan fingerprint density at radius 2 is 1.73 bits per heavy atom. The minimum atomic E-state index is -0.287. The van der Waals surface area contributed by atoms with Crippen molar-refractivity contribution in [3.8, 4) is 5.75 Å². The SMILES string of the molecule is CN=C(NCC(C)Oc1ccc(F)cc1)NCC(CO)c1ccccc1. The predicted octanol–water partition coefficient (Wildman–Crippen LogP) is 2.53. The van der Waals surface area contributed by atoms with Crippen molar-refractivity contribution in [1.29, 1.82) is 0 Å². The summed E-state index contributed by atoms with van der Waals surface area (Å²) in [6.07, 6.45) is -0.123. The Kier molecular flexibility index (Phi) is 7.89. The van der Waals surface area contributed by atoms with Crippen LogP contribution in [0.15, 0.2) is 59.6 Å². The molecule has 0 aliphatic carbocycles. The Hall–Kier alpha value is -2.60. The Balaban J connectivity index is 1.78. The number of aliphatic hydroxyl groups is 1. The van der Waals surface area contributed by atoms with Crippen molar-refractivity contribution in [3.63, 3.8) is 0 Å². The number of guanidine groups is 1. The molecule has 140 valence electrons. The van der Waals surface area contributed by atoms with E-state index in [0.29, 0.717) is 24.8 Å². The van der Waals surface area contributed by atoms with Gasteiger partial charge in [0.15, 0.2) is 5.96 Å². The highest BCUT2D eigenvalue weighted by molar-refractivity contribution is 5.79. The van der Waals surface area contributed by atoms with Crippen LogP contribution in [0.25, 0.3) is 0 Å². The number of benzene rings is 2. The summed E-state index contributed by atoms with van der Waals surface area (Å²) < 4.78 is 18.6. The fourth-order valence-corrected chi connectivity index (χ4v) is 2.48. The van der Waals surface area contributed by atoms with Gasteiger partial charge in [0.25, 0.3) is 0 Å². The summed E-state index contributed by atoms with van der Waals surface area (Å²) >= 11 is 0. The maximum absolute atomic E-state index is 12.9. The average molecular weight is 359 g/mol. The highest BCUT2D eigenvalue weighted by Crippen LogP contribution is 2.14. The molecule has 3 N–H and O–H groups in total. The first-order valence-corrected chi connectivity index (χ1v) is 8.65. The lowest BCUT2D eigenvalue weighted by Gasteiger charge is -2.20. The molecule has 6 heteroatoms. The van der Waals surface area contributed by atoms with Crippen LogP contribution < -0.4 is 15.4 Å². The number of aliphatic hydroxyl groups excluding tert-OH is 1. The van der Waals surface area contributed by atoms with E-state index in [1.54, 1.807) is 19.2 Å². The van der Waals surface area contributed by atoms with E-state index in [2.05, 4.69) is 15.6 Å². The third-order valence-corrected chi connectivity index (χ3v) is 3.94. The van der Waals surface area contributed by atoms with Gasteiger partial charge in [-0.1, -0.05) is 30.3 Å². The molecule has 5 nitrogen and oxygen atoms in total. The molecule has 0 aromatic heterocycles. The molecule has 0 aliphatic rings. The van der Waals surface area contributed by atoms with Gasteiger partial charge >= 0.3 is 0 Å². The van der Waals surface area contributed by atoms with Crippen molar-refractivity contribution >= 4 is 5.96 Å². The molecule has 0 saturated heterocycles. The van der Waals surface area contributed by atoms with Crippen molar-refractivity contribution in [2.75, 3.05) is 26.7 Å². The largest absolute Gasteiger partial charge is 0.489 e. The number of hydrogen-bond donors (Lipinski definition) is 3. The van der Waals surface area contributed by atoms with Crippen molar-refractivity contribution < 1.29 is 14.2 Å². The van der Waals surface area contributed by atoms with Gasteiger partial charge in [-0.05, 0) is 36.8 Å². The van der Waals surface area contributed by atoms with Crippen molar-refractivity contribution in [3.05, 3.63) is 66.0 Å². The van der Waals surface area contributed by atoms with Crippen LogP contribution in [0.4, 0.5) is 4.39 Å². The van der Waals surface area contributed by atoms with Gasteiger partial charge in [0.2, 0.25) is 0 Å². The van der Waals surface area contributed by atoms with Gasteiger partial charge < -0.3 is 20.5 Å². The Morgan fingerprint density at radius 1 is 1.08 bits per heavy atom. The van der Waals surface area contributed by atoms with E-state index < -0.39 is 0 Å². The molecule has 0 radical (unpaired) electrons. The summed E-state index contributed by atoms with van der Waals surface area (Å²) in [5, 5.41) is 16.0. The molecule has 0 heterocycles. The van der Waals surface area contributed by atoms with Crippen LogP contribution >= 0.6 is 0 Å². The summed E-state index contributed by atoms with van der Waals surface area (Å²) in [5.41, 5.74) is 1.07. The fraction of sp³-hybridized carbons (Fsp3) is 0.350. The van der Waals surface area contributed by atoms with Gasteiger partial charge in [0, 0.05) is 19.5 Å². The highest BCUT2D eigenvalue weighted by atomic mass is 19.1. The topological polar surface area (TPSA) is 65.9 Å². The lowest BCUT2D eigenvalue weighted by molar-refractivity contribution is 0.223. The van der Waals surface area contributed by atoms with Gasteiger partial charge in [0.1, 0.15) is 17.7 Å². The Bertz CT molecular complexity index is 677. The van der Waals surface area contributed by atoms with Gasteiger partial charge in [-0.3, -0.25) is 4.99 Å². The minimum absolute atomic E-state index is 0.0114. The fourth-order valence-electron chi connectivity index (χ4n) is 2.48. The summed E-state index contributed by atoms with van der Waals surface area (Å²) in [7, 11) is 1.69. The van der Waals surface area contributed by atoms with Gasteiger partial charge in [-0.2, -0.15) is 0 Å². The molecule has 0 fully saturated rings. The monoisotopic (exact) mass is 359 g/mol. The molecule has 2 aromatic carbocycles. The van der Waals surface area contributed by atoms with E-state index in [1.807, 2.05) is 37.3 Å². The predicted molar refractivity (Wildman–Crippen MR) is 102 cm³/mol. The Morgan fingerprint density at radius 3 is 2.35 bits per heavy atom. The molecule has 0 saturated carbocycles. The van der Waals surface area contributed by atoms with Gasteiger partial charge in [-0.25, -0.2) is 4.39 Å². The third kappa shape index (κ3) is 6.37. The summed E-state index contributed by atoms with van der Waals surface area (Å²) in [6.45, 7) is 3.07. The first-order valence-electron chi connectivity index (χ1n) is 8.65. The quantitative estimate of drug-likeness (QED) is 0.501. The standard InChI is InChI=1S/C20H26FN3O2/c1-15(26-19-10-8-18(21)9-11-19)12-23-20(22-2)24-13-17(14-25)16-6-4-3-5-7-16/h3-11,15,17,25H,12-14H2,1-2H3,(H2,22,23,24). The zero-order valence-electron chi connectivity index (χ0n) is 15.2. The van der Waals surface area contributed by atoms with Crippen LogP contribution in [0.5, 0.6) is 5.75 Å². The first kappa shape index (κ1) is 19.7. The third-order valence-electron chi connectivity index (χ3n) is 3.94. The van der Waals surface area contributed by atoms with E-state index in [0.717, 1.165) is 5.56 Å². The highest BCUT2D eigenvalue weighted by Gasteiger charge is 2.11. The van der Waals surface area contributed by atoms with E-state index in [4.69, 9.17) is 4.74 Å². The van der Waals surface area contributed by atoms with E-state index >= 15 is 0 Å². The summed E-state index contributed by atoms with van der Waals surface area (Å²) in [5.74, 6) is 0.953. The molecule has 0 bridgehead atoms. The van der Waals surface area contributed by atoms with Crippen LogP contribution in [0.1, 0.15) is 18.4 Å². The summed E-state index contributed by atoms with van der Waals surface area (Å²) in [4.78, 5) is 4.19. The molecule has 2 aromatic rings. The van der Waals surface area contributed by atoms with E-state index in [1.165, 1.54) is 12.1 Å². The van der Waals surface area contributed by atoms with Crippen molar-refractivity contribution in [1.82, 2.24) is 10.6 Å². The summed E-state index contributed by atoms with van der Waals surface area (Å²) in [6, 6.07) is 15.8. The molecule has 2 unspecified atom stereocenters. The normalized spacial score (nSPS) is 13.8. The maximum atomic E-state index is 12.9. The number of nitrogens with zero attached hydrogens (tertiary/aromatic N) is 1. The second kappa shape index (κ2) is 10.4. The van der Waals surface area contributed by atoms with Gasteiger partial charge in [0.05, 0.1) is 13.2 Å². The smallest absolute Gasteiger partial charge is 0.191 e. The van der Waals surface area contributed by atoms with Crippen molar-refractivity contribution in [2.24, 2.45) is 4.99 Å². The zero-order chi connectivity index (χ0) is 18.8. The number of rotatable bonds is 8. The second-order valence-corrected chi connectivity index (χ2v) is 6.01. The number of ether oxygens (including phenoxy) is 1. The molecule has 2 atom stereocenters. The van der Waals surface area contributed by atoms with Gasteiger partial charge in [-0.15, -0.1) is 0 Å². The maximum Gasteiger partial charge on any atom is 0.191 e. The molecule has 26 heavy (non-hydrogen) atoms. The first-order chi connectivity index (χ1) is 12.6. The number of halogens is 1. The lowest BCUT2D eigenvalue weighted by Crippen LogP contribution is -2.43.